The lowest BCUT2D eigenvalue weighted by atomic mass is 9.39. The van der Waals surface area contributed by atoms with E-state index in [1.165, 1.54) is 20.8 Å². The lowest BCUT2D eigenvalue weighted by molar-refractivity contribution is -0.313. The zero-order valence-electron chi connectivity index (χ0n) is 29.4. The van der Waals surface area contributed by atoms with Crippen LogP contribution < -0.4 is 0 Å². The molecule has 270 valence electrons. The minimum Gasteiger partial charge on any atom is -0.462 e. The predicted octanol–water partition coefficient (Wildman–Crippen LogP) is 1.64. The average Bonchev–Trinajstić information content (AvgIpc) is 3.88. The Hall–Kier alpha value is -2.58. The fraction of sp³-hybridized carbons (Fsp3) is 0.833. The highest BCUT2D eigenvalue weighted by Gasteiger charge is 2.92. The number of fused-ring (bicyclic) bond motifs is 9. The van der Waals surface area contributed by atoms with Crippen molar-refractivity contribution in [3.05, 3.63) is 12.3 Å². The number of Topliss-reactive ketones (excluding diaryl/α,β-unsaturated/α-hetero) is 1. The smallest absolute Gasteiger partial charge is 0.303 e. The summed E-state index contributed by atoms with van der Waals surface area (Å²) in [5, 5.41) is 36.9. The van der Waals surface area contributed by atoms with Crippen LogP contribution in [0.2, 0.25) is 0 Å². The van der Waals surface area contributed by atoms with Crippen LogP contribution in [0.1, 0.15) is 68.7 Å². The molecule has 5 saturated carbocycles. The third-order valence-electron chi connectivity index (χ3n) is 15.3. The van der Waals surface area contributed by atoms with E-state index in [0.717, 1.165) is 0 Å². The number of aliphatic hydroxyl groups is 3. The molecule has 0 radical (unpaired) electrons. The van der Waals surface area contributed by atoms with Gasteiger partial charge in [0.05, 0.1) is 11.5 Å². The van der Waals surface area contributed by atoms with Gasteiger partial charge in [0.1, 0.15) is 41.9 Å². The molecule has 3 aliphatic heterocycles. The molecule has 49 heavy (non-hydrogen) atoms. The Morgan fingerprint density at radius 2 is 1.37 bits per heavy atom. The quantitative estimate of drug-likeness (QED) is 0.168. The zero-order valence-corrected chi connectivity index (χ0v) is 29.4. The molecule has 5 aliphatic carbocycles. The fourth-order valence-corrected chi connectivity index (χ4v) is 13.6. The van der Waals surface area contributed by atoms with Crippen molar-refractivity contribution in [1.82, 2.24) is 0 Å². The minimum atomic E-state index is -2.91. The molecular weight excluding hydrogens is 640 g/mol. The maximum Gasteiger partial charge on any atom is 0.303 e. The Balaban J connectivity index is 1.40. The van der Waals surface area contributed by atoms with Gasteiger partial charge in [0.15, 0.2) is 5.78 Å². The van der Waals surface area contributed by atoms with Crippen molar-refractivity contribution < 1.29 is 62.9 Å². The summed E-state index contributed by atoms with van der Waals surface area (Å²) in [5.41, 5.74) is -5.32. The van der Waals surface area contributed by atoms with E-state index in [9.17, 15) is 34.5 Å². The van der Waals surface area contributed by atoms with Crippen molar-refractivity contribution in [3.63, 3.8) is 0 Å². The lowest BCUT2D eigenvalue weighted by Crippen LogP contribution is -2.76. The lowest BCUT2D eigenvalue weighted by Gasteiger charge is -2.67. The Morgan fingerprint density at radius 1 is 0.796 bits per heavy atom. The van der Waals surface area contributed by atoms with Crippen LogP contribution in [-0.2, 0) is 47.6 Å². The summed E-state index contributed by atoms with van der Waals surface area (Å²) in [4.78, 5) is 53.4. The van der Waals surface area contributed by atoms with Crippen LogP contribution in [0.5, 0.6) is 0 Å². The van der Waals surface area contributed by atoms with Crippen LogP contribution in [0.25, 0.3) is 0 Å². The maximum absolute atomic E-state index is 14.6. The molecule has 0 aromatic heterocycles. The van der Waals surface area contributed by atoms with Gasteiger partial charge in [0.2, 0.25) is 11.6 Å². The molecule has 8 rings (SSSR count). The molecule has 3 N–H and O–H groups in total. The van der Waals surface area contributed by atoms with Gasteiger partial charge in [-0.2, -0.15) is 0 Å². The number of ketones is 1. The van der Waals surface area contributed by atoms with Crippen molar-refractivity contribution in [2.45, 2.75) is 123 Å². The van der Waals surface area contributed by atoms with Crippen LogP contribution in [-0.4, -0.2) is 92.8 Å². The Morgan fingerprint density at radius 3 is 1.96 bits per heavy atom. The van der Waals surface area contributed by atoms with Gasteiger partial charge in [-0.15, -0.1) is 0 Å². The van der Waals surface area contributed by atoms with Crippen LogP contribution in [0.3, 0.4) is 0 Å². The standard InChI is InChI=1S/C36H48O13/c1-12-20-22(35(42,43)27(40)18-11-19-25(47-19)30(31(18,20)7)46-17(6)39)23-26(44-15(4)37)24-21(32(23,8)28(12)45-16(5)38)13(2)29-36(49-29)33(24,9)34(10,41)14(3)48-36/h12-13,18-26,28-30,41-43H,3,11H2,1-2,4-10H3/t12-,13-,18+,19-,20?,21-,22+,23+,24-,25-,26+,28-,29-,30-,31-,32+,33-,34+,36-/m0/s1. The highest BCUT2D eigenvalue weighted by Crippen LogP contribution is 2.82. The van der Waals surface area contributed by atoms with Gasteiger partial charge in [-0.3, -0.25) is 19.2 Å². The zero-order chi connectivity index (χ0) is 35.9. The predicted molar refractivity (Wildman–Crippen MR) is 164 cm³/mol. The highest BCUT2D eigenvalue weighted by atomic mass is 16.8. The van der Waals surface area contributed by atoms with E-state index in [4.69, 9.17) is 28.4 Å². The molecule has 8 aliphatic rings. The van der Waals surface area contributed by atoms with Gasteiger partial charge in [-0.25, -0.2) is 0 Å². The normalized spacial score (nSPS) is 58.2. The Labute approximate surface area is 284 Å². The Bertz CT molecular complexity index is 1590. The monoisotopic (exact) mass is 688 g/mol. The number of esters is 3. The molecule has 19 atom stereocenters. The summed E-state index contributed by atoms with van der Waals surface area (Å²) in [7, 11) is 0. The molecule has 3 saturated heterocycles. The first-order valence-electron chi connectivity index (χ1n) is 17.5. The van der Waals surface area contributed by atoms with Gasteiger partial charge < -0.3 is 43.7 Å². The van der Waals surface area contributed by atoms with Crippen LogP contribution >= 0.6 is 0 Å². The van der Waals surface area contributed by atoms with Gasteiger partial charge in [-0.1, -0.05) is 34.3 Å². The highest BCUT2D eigenvalue weighted by molar-refractivity contribution is 5.90. The number of carbonyl (C=O) groups excluding carboxylic acids is 4. The maximum atomic E-state index is 14.6. The van der Waals surface area contributed by atoms with Gasteiger partial charge in [-0.05, 0) is 43.9 Å². The number of hydrogen-bond acceptors (Lipinski definition) is 13. The molecule has 13 heteroatoms. The molecule has 3 heterocycles. The second-order valence-electron chi connectivity index (χ2n) is 17.2. The Kier molecular flexibility index (Phi) is 6.47. The third-order valence-corrected chi connectivity index (χ3v) is 15.3. The minimum absolute atomic E-state index is 0.0991. The summed E-state index contributed by atoms with van der Waals surface area (Å²) in [6.07, 6.45) is -4.13. The van der Waals surface area contributed by atoms with Crippen molar-refractivity contribution >= 4 is 23.7 Å². The number of epoxide rings is 2. The second kappa shape index (κ2) is 9.44. The van der Waals surface area contributed by atoms with Crippen molar-refractivity contribution in [1.29, 1.82) is 0 Å². The number of ether oxygens (including phenoxy) is 6. The van der Waals surface area contributed by atoms with Crippen molar-refractivity contribution in [3.8, 4) is 0 Å². The van der Waals surface area contributed by atoms with Crippen molar-refractivity contribution in [2.24, 2.45) is 63.6 Å². The van der Waals surface area contributed by atoms with E-state index in [1.807, 2.05) is 34.6 Å². The average molecular weight is 689 g/mol. The summed E-state index contributed by atoms with van der Waals surface area (Å²) in [6, 6.07) is 0. The molecule has 1 unspecified atom stereocenters. The molecule has 13 nitrogen and oxygen atoms in total. The molecule has 0 aromatic rings. The SMILES string of the molecule is C=C1O[C@]23O[C@H]2[C@@H](C)[C@H]2[C@@H]([C@H](OC(C)=O)[C@H]4[C@H]5C([C@H](C)[C@H](OC(C)=O)[C@]24C)[C@]2(C)[C@H](C[C@@H]4O[C@@H]4[C@@H]2OC(C)=O)C(=O)C5(O)O)[C@@]3(C)[C@]1(C)O. The van der Waals surface area contributed by atoms with Crippen LogP contribution in [0, 0.1) is 63.6 Å². The first-order valence-corrected chi connectivity index (χ1v) is 17.5. The molecule has 8 fully saturated rings. The summed E-state index contributed by atoms with van der Waals surface area (Å²) in [6.45, 7) is 18.9. The van der Waals surface area contributed by atoms with E-state index in [0.29, 0.717) is 0 Å². The topological polar surface area (TPSA) is 191 Å². The number of hydrogen-bond donors (Lipinski definition) is 3. The second-order valence-corrected chi connectivity index (χ2v) is 17.2. The van der Waals surface area contributed by atoms with Gasteiger partial charge >= 0.3 is 17.9 Å². The number of carbonyl (C=O) groups is 4. The van der Waals surface area contributed by atoms with E-state index in [1.54, 1.807) is 6.92 Å². The molecule has 1 spiro atoms. The van der Waals surface area contributed by atoms with Crippen LogP contribution in [0.15, 0.2) is 12.3 Å². The van der Waals surface area contributed by atoms with E-state index in [2.05, 4.69) is 6.58 Å². The van der Waals surface area contributed by atoms with E-state index < -0.39 is 135 Å². The fourth-order valence-electron chi connectivity index (χ4n) is 13.6. The first-order chi connectivity index (χ1) is 22.6. The van der Waals surface area contributed by atoms with Gasteiger partial charge in [0.25, 0.3) is 0 Å². The molecule has 0 bridgehead atoms. The van der Waals surface area contributed by atoms with Gasteiger partial charge in [0, 0.05) is 55.3 Å². The summed E-state index contributed by atoms with van der Waals surface area (Å²) < 4.78 is 37.2. The van der Waals surface area contributed by atoms with Crippen LogP contribution in [0.4, 0.5) is 0 Å². The summed E-state index contributed by atoms with van der Waals surface area (Å²) >= 11 is 0. The third kappa shape index (κ3) is 3.54. The molecule has 0 aromatic carbocycles. The number of rotatable bonds is 3. The molecule has 0 amide bonds. The first kappa shape index (κ1) is 33.6. The van der Waals surface area contributed by atoms with E-state index in [-0.39, 0.29) is 18.1 Å². The van der Waals surface area contributed by atoms with E-state index >= 15 is 0 Å². The molecular formula is C36H48O13. The largest absolute Gasteiger partial charge is 0.462 e. The summed E-state index contributed by atoms with van der Waals surface area (Å²) in [5.74, 6) is -13.0. The van der Waals surface area contributed by atoms with Crippen molar-refractivity contribution in [2.75, 3.05) is 0 Å².